The molecule has 0 aliphatic heterocycles. The molecule has 1 aliphatic carbocycles. The Morgan fingerprint density at radius 2 is 1.82 bits per heavy atom. The first kappa shape index (κ1) is 24.3. The summed E-state index contributed by atoms with van der Waals surface area (Å²) in [7, 11) is 3.15. The van der Waals surface area contributed by atoms with Crippen molar-refractivity contribution in [1.29, 1.82) is 0 Å². The maximum absolute atomic E-state index is 11.7. The van der Waals surface area contributed by atoms with Crippen LogP contribution in [0.2, 0.25) is 5.02 Å². The molecular formula is C25H29ClN2O6. The molecule has 3 aromatic rings. The van der Waals surface area contributed by atoms with Crippen molar-refractivity contribution >= 4 is 28.5 Å². The van der Waals surface area contributed by atoms with Gasteiger partial charge in [0.15, 0.2) is 0 Å². The number of carboxylic acids is 1. The number of carbonyl (C=O) groups is 1. The molecule has 0 bridgehead atoms. The van der Waals surface area contributed by atoms with Gasteiger partial charge in [0.2, 0.25) is 0 Å². The maximum atomic E-state index is 11.7. The highest BCUT2D eigenvalue weighted by molar-refractivity contribution is 6.32. The van der Waals surface area contributed by atoms with E-state index in [1.165, 1.54) is 6.07 Å². The Labute approximate surface area is 203 Å². The van der Waals surface area contributed by atoms with Crippen LogP contribution in [0.25, 0.3) is 10.9 Å². The van der Waals surface area contributed by atoms with Gasteiger partial charge in [-0.25, -0.2) is 4.79 Å². The summed E-state index contributed by atoms with van der Waals surface area (Å²) in [5, 5.41) is 26.4. The Hall–Kier alpha value is -2.81. The number of ether oxygens (including phenoxy) is 3. The lowest BCUT2D eigenvalue weighted by atomic mass is 10.0. The van der Waals surface area contributed by atoms with E-state index in [-0.39, 0.29) is 18.2 Å². The van der Waals surface area contributed by atoms with Crippen molar-refractivity contribution in [3.05, 3.63) is 52.2 Å². The number of carboxylic acid groups (broad SMARTS) is 1. The molecule has 0 radical (unpaired) electrons. The van der Waals surface area contributed by atoms with E-state index in [0.717, 1.165) is 31.2 Å². The molecule has 2 atom stereocenters. The van der Waals surface area contributed by atoms with Crippen molar-refractivity contribution in [2.75, 3.05) is 14.2 Å². The summed E-state index contributed by atoms with van der Waals surface area (Å²) in [4.78, 5) is 11.7. The molecule has 0 saturated heterocycles. The molecule has 182 valence electrons. The number of halogens is 1. The smallest absolute Gasteiger partial charge is 0.338 e. The highest BCUT2D eigenvalue weighted by Crippen LogP contribution is 2.35. The third-order valence-electron chi connectivity index (χ3n) is 6.36. The van der Waals surface area contributed by atoms with Gasteiger partial charge in [-0.1, -0.05) is 24.4 Å². The summed E-state index contributed by atoms with van der Waals surface area (Å²) < 4.78 is 18.9. The van der Waals surface area contributed by atoms with Crippen molar-refractivity contribution in [3.8, 4) is 11.5 Å². The molecule has 8 nitrogen and oxygen atoms in total. The van der Waals surface area contributed by atoms with E-state index in [9.17, 15) is 15.0 Å². The highest BCUT2D eigenvalue weighted by Gasteiger charge is 2.29. The van der Waals surface area contributed by atoms with Crippen molar-refractivity contribution in [2.45, 2.75) is 57.5 Å². The van der Waals surface area contributed by atoms with Gasteiger partial charge in [-0.05, 0) is 49.6 Å². The van der Waals surface area contributed by atoms with Gasteiger partial charge in [-0.3, -0.25) is 4.68 Å². The average molecular weight is 489 g/mol. The summed E-state index contributed by atoms with van der Waals surface area (Å²) in [5.41, 5.74) is 1.81. The van der Waals surface area contributed by atoms with E-state index in [0.29, 0.717) is 33.0 Å². The van der Waals surface area contributed by atoms with Crippen LogP contribution in [0.1, 0.15) is 53.3 Å². The minimum absolute atomic E-state index is 0.0306. The van der Waals surface area contributed by atoms with Gasteiger partial charge >= 0.3 is 5.97 Å². The molecule has 1 fully saturated rings. The second-order valence-corrected chi connectivity index (χ2v) is 9.06. The molecule has 2 aromatic carbocycles. The van der Waals surface area contributed by atoms with Gasteiger partial charge in [0, 0.05) is 22.2 Å². The fraction of sp³-hybridized carbons (Fsp3) is 0.440. The highest BCUT2D eigenvalue weighted by atomic mass is 35.5. The van der Waals surface area contributed by atoms with E-state index in [1.807, 2.05) is 6.92 Å². The number of fused-ring (bicyclic) bond motifs is 1. The molecule has 4 rings (SSSR count). The zero-order chi connectivity index (χ0) is 24.4. The van der Waals surface area contributed by atoms with Crippen molar-refractivity contribution in [2.24, 2.45) is 0 Å². The Balaban J connectivity index is 1.69. The molecule has 1 aromatic heterocycles. The second-order valence-electron chi connectivity index (χ2n) is 8.62. The zero-order valence-corrected chi connectivity index (χ0v) is 20.2. The summed E-state index contributed by atoms with van der Waals surface area (Å²) in [5.74, 6) is 0.118. The quantitative estimate of drug-likeness (QED) is 0.447. The zero-order valence-electron chi connectivity index (χ0n) is 19.5. The van der Waals surface area contributed by atoms with Crippen LogP contribution in [0.4, 0.5) is 0 Å². The Morgan fingerprint density at radius 3 is 2.41 bits per heavy atom. The number of benzene rings is 2. The Kier molecular flexibility index (Phi) is 7.30. The van der Waals surface area contributed by atoms with Crippen molar-refractivity contribution in [1.82, 2.24) is 9.78 Å². The van der Waals surface area contributed by atoms with Crippen LogP contribution in [0.5, 0.6) is 11.5 Å². The molecule has 2 unspecified atom stereocenters. The molecule has 0 spiro atoms. The lowest BCUT2D eigenvalue weighted by Gasteiger charge is -2.27. The molecule has 0 amide bonds. The number of hydrogen-bond acceptors (Lipinski definition) is 6. The average Bonchev–Trinajstić information content (AvgIpc) is 3.47. The first-order valence-corrected chi connectivity index (χ1v) is 11.6. The summed E-state index contributed by atoms with van der Waals surface area (Å²) in [6, 6.07) is 6.63. The molecular weight excluding hydrogens is 460 g/mol. The van der Waals surface area contributed by atoms with Crippen LogP contribution in [-0.2, 0) is 11.3 Å². The van der Waals surface area contributed by atoms with Crippen molar-refractivity contribution < 1.29 is 29.2 Å². The number of aromatic nitrogens is 2. The number of methoxy groups -OCH3 is 2. The van der Waals surface area contributed by atoms with E-state index in [4.69, 9.17) is 25.8 Å². The number of aliphatic hydroxyl groups is 1. The minimum Gasteiger partial charge on any atom is -0.496 e. The summed E-state index contributed by atoms with van der Waals surface area (Å²) >= 11 is 6.11. The number of nitrogens with zero attached hydrogens (tertiary/aromatic N) is 2. The molecule has 34 heavy (non-hydrogen) atoms. The Bertz CT molecular complexity index is 1160. The minimum atomic E-state index is -1.10. The molecule has 1 saturated carbocycles. The first-order valence-electron chi connectivity index (χ1n) is 11.3. The first-order chi connectivity index (χ1) is 16.3. The van der Waals surface area contributed by atoms with Gasteiger partial charge in [0.25, 0.3) is 0 Å². The van der Waals surface area contributed by atoms with Crippen LogP contribution in [0, 0.1) is 6.92 Å². The maximum Gasteiger partial charge on any atom is 0.338 e. The Morgan fingerprint density at radius 1 is 1.18 bits per heavy atom. The van der Waals surface area contributed by atoms with E-state index >= 15 is 0 Å². The van der Waals surface area contributed by atoms with Crippen molar-refractivity contribution in [3.63, 3.8) is 0 Å². The van der Waals surface area contributed by atoms with Crippen LogP contribution >= 0.6 is 11.6 Å². The fourth-order valence-electron chi connectivity index (χ4n) is 4.57. The predicted octanol–water partition coefficient (Wildman–Crippen LogP) is 4.77. The number of aromatic carboxylic acids is 1. The van der Waals surface area contributed by atoms with Crippen LogP contribution in [0.3, 0.4) is 0 Å². The van der Waals surface area contributed by atoms with Crippen LogP contribution < -0.4 is 9.47 Å². The number of aliphatic hydroxyl groups excluding tert-OH is 1. The third-order valence-corrected chi connectivity index (χ3v) is 6.57. The number of hydrogen-bond donors (Lipinski definition) is 2. The lowest BCUT2D eigenvalue weighted by Crippen LogP contribution is -2.31. The standard InChI is InChI=1S/C25H29ClN2O6/c1-14-20(32-2)9-15(10-21(14)33-3)24(29)22(34-18-6-4-5-7-18)13-28-12-16-8-17(26)11-19(25(30)31)23(16)27-28/h8-12,18,22,24,29H,4-7,13H2,1-3H3,(H,30,31). The summed E-state index contributed by atoms with van der Waals surface area (Å²) in [6.07, 6.45) is 4.20. The SMILES string of the molecule is COc1cc(C(O)C(Cn2cc3cc(Cl)cc(C(=O)O)c3n2)OC2CCCC2)cc(OC)c1C. The van der Waals surface area contributed by atoms with Gasteiger partial charge in [-0.15, -0.1) is 0 Å². The third kappa shape index (κ3) is 4.99. The molecule has 2 N–H and O–H groups in total. The van der Waals surface area contributed by atoms with E-state index in [2.05, 4.69) is 5.10 Å². The molecule has 9 heteroatoms. The fourth-order valence-corrected chi connectivity index (χ4v) is 4.80. The monoisotopic (exact) mass is 488 g/mol. The summed E-state index contributed by atoms with van der Waals surface area (Å²) in [6.45, 7) is 2.11. The van der Waals surface area contributed by atoms with Crippen LogP contribution in [0.15, 0.2) is 30.5 Å². The van der Waals surface area contributed by atoms with E-state index < -0.39 is 18.2 Å². The molecule has 1 heterocycles. The second kappa shape index (κ2) is 10.2. The topological polar surface area (TPSA) is 103 Å². The molecule has 1 aliphatic rings. The predicted molar refractivity (Wildman–Crippen MR) is 128 cm³/mol. The van der Waals surface area contributed by atoms with Crippen LogP contribution in [-0.4, -0.2) is 52.4 Å². The van der Waals surface area contributed by atoms with Gasteiger partial charge in [-0.2, -0.15) is 5.10 Å². The number of rotatable bonds is 9. The van der Waals surface area contributed by atoms with Gasteiger partial charge < -0.3 is 24.4 Å². The van der Waals surface area contributed by atoms with E-state index in [1.54, 1.807) is 43.3 Å². The normalized spacial score (nSPS) is 16.0. The largest absolute Gasteiger partial charge is 0.496 e. The van der Waals surface area contributed by atoms with Gasteiger partial charge in [0.05, 0.1) is 32.4 Å². The lowest BCUT2D eigenvalue weighted by molar-refractivity contribution is -0.0845. The van der Waals surface area contributed by atoms with Gasteiger partial charge in [0.1, 0.15) is 29.2 Å².